The number of carbonyl (C=O) groups excluding carboxylic acids is 1. The maximum atomic E-state index is 12.1. The van der Waals surface area contributed by atoms with E-state index in [9.17, 15) is 4.79 Å². The van der Waals surface area contributed by atoms with Gasteiger partial charge in [-0.15, -0.1) is 0 Å². The molecule has 2 N–H and O–H groups in total. The molecule has 1 aliphatic heterocycles. The molecule has 1 amide bonds. The van der Waals surface area contributed by atoms with E-state index in [-0.39, 0.29) is 5.91 Å². The highest BCUT2D eigenvalue weighted by Crippen LogP contribution is 2.22. The summed E-state index contributed by atoms with van der Waals surface area (Å²) in [5, 5.41) is 7.03. The molecule has 4 aromatic heterocycles. The van der Waals surface area contributed by atoms with Crippen LogP contribution in [0.3, 0.4) is 0 Å². The zero-order valence-electron chi connectivity index (χ0n) is 30.3. The van der Waals surface area contributed by atoms with Gasteiger partial charge in [-0.3, -0.25) is 19.9 Å². The van der Waals surface area contributed by atoms with Gasteiger partial charge in [0.05, 0.1) is 11.9 Å². The van der Waals surface area contributed by atoms with Crippen molar-refractivity contribution in [3.8, 4) is 0 Å². The summed E-state index contributed by atoms with van der Waals surface area (Å²) in [4.78, 5) is 33.6. The van der Waals surface area contributed by atoms with Crippen LogP contribution >= 0.6 is 0 Å². The molecule has 0 aliphatic carbocycles. The monoisotopic (exact) mass is 630 g/mol. The second-order valence-electron chi connectivity index (χ2n) is 13.6. The summed E-state index contributed by atoms with van der Waals surface area (Å²) in [5.74, 6) is 5.14. The highest BCUT2D eigenvalue weighted by Gasteiger charge is 2.30. The van der Waals surface area contributed by atoms with Gasteiger partial charge in [0, 0.05) is 61.6 Å². The second-order valence-corrected chi connectivity index (χ2v) is 13.6. The smallest absolute Gasteiger partial charge is 0.255 e. The number of H-pyrrole nitrogens is 2. The molecule has 4 aromatic rings. The summed E-state index contributed by atoms with van der Waals surface area (Å²) >= 11 is 0. The molecule has 1 fully saturated rings. The highest BCUT2D eigenvalue weighted by atomic mass is 16.2. The molecule has 1 saturated heterocycles. The average molecular weight is 631 g/mol. The second kappa shape index (κ2) is 18.9. The third-order valence-corrected chi connectivity index (χ3v) is 7.78. The number of likely N-dealkylation sites (tertiary alicyclic amines) is 1. The van der Waals surface area contributed by atoms with Crippen LogP contribution in [0.4, 0.5) is 0 Å². The molecule has 9 nitrogen and oxygen atoms in total. The quantitative estimate of drug-likeness (QED) is 0.211. The fourth-order valence-corrected chi connectivity index (χ4v) is 4.35. The van der Waals surface area contributed by atoms with Crippen molar-refractivity contribution in [2.24, 2.45) is 5.92 Å². The predicted octanol–water partition coefficient (Wildman–Crippen LogP) is 8.79. The first-order valence-electron chi connectivity index (χ1n) is 16.8. The molecule has 252 valence electrons. The van der Waals surface area contributed by atoms with Crippen LogP contribution in [0.2, 0.25) is 0 Å². The zero-order valence-corrected chi connectivity index (χ0v) is 30.3. The minimum atomic E-state index is 0.129. The molecule has 46 heavy (non-hydrogen) atoms. The third kappa shape index (κ3) is 12.5. The predicted molar refractivity (Wildman–Crippen MR) is 188 cm³/mol. The van der Waals surface area contributed by atoms with Crippen LogP contribution < -0.4 is 0 Å². The van der Waals surface area contributed by atoms with E-state index in [4.69, 9.17) is 0 Å². The van der Waals surface area contributed by atoms with Gasteiger partial charge in [0.1, 0.15) is 5.82 Å². The molecule has 0 saturated carbocycles. The first-order chi connectivity index (χ1) is 21.7. The van der Waals surface area contributed by atoms with Crippen LogP contribution in [0.25, 0.3) is 0 Å². The van der Waals surface area contributed by atoms with Crippen molar-refractivity contribution in [1.82, 2.24) is 40.0 Å². The Morgan fingerprint density at radius 3 is 1.78 bits per heavy atom. The van der Waals surface area contributed by atoms with Gasteiger partial charge in [0.15, 0.2) is 5.82 Å². The van der Waals surface area contributed by atoms with Gasteiger partial charge >= 0.3 is 0 Å². The maximum absolute atomic E-state index is 12.1. The number of aromatic nitrogens is 7. The topological polar surface area (TPSA) is 116 Å². The summed E-state index contributed by atoms with van der Waals surface area (Å²) in [6, 6.07) is 4.15. The van der Waals surface area contributed by atoms with Gasteiger partial charge in [-0.25, -0.2) is 9.97 Å². The van der Waals surface area contributed by atoms with E-state index >= 15 is 0 Å². The number of aryl methyl sites for hydroxylation is 1. The van der Waals surface area contributed by atoms with E-state index in [2.05, 4.69) is 124 Å². The Kier molecular flexibility index (Phi) is 15.8. The van der Waals surface area contributed by atoms with Crippen LogP contribution in [0.5, 0.6) is 0 Å². The van der Waals surface area contributed by atoms with E-state index in [0.29, 0.717) is 35.5 Å². The van der Waals surface area contributed by atoms with Crippen LogP contribution in [-0.4, -0.2) is 59.0 Å². The summed E-state index contributed by atoms with van der Waals surface area (Å²) in [5.41, 5.74) is 5.62. The molecule has 0 bridgehead atoms. The Balaban J connectivity index is 0.000000223. The largest absolute Gasteiger partial charge is 0.348 e. The summed E-state index contributed by atoms with van der Waals surface area (Å²) < 4.78 is 0. The Morgan fingerprint density at radius 2 is 1.39 bits per heavy atom. The molecule has 5 heterocycles. The number of rotatable bonds is 7. The average Bonchev–Trinajstić information content (AvgIpc) is 3.71. The van der Waals surface area contributed by atoms with Crippen LogP contribution in [0.1, 0.15) is 157 Å². The van der Waals surface area contributed by atoms with Crippen LogP contribution in [0, 0.1) is 12.8 Å². The van der Waals surface area contributed by atoms with Gasteiger partial charge in [-0.05, 0) is 59.8 Å². The number of pyridine rings is 2. The molecular formula is C37H58N8O. The standard InChI is InChI=1S/C14H20N2O.C9H13N.C8H15N3.C6H10N2/c1-4-11-8-16(9-11)14(17)13-5-12(10(2)3)6-15-7-13;1-7(2)9-4-8(3)5-10-6-9;1-5(2)7-9-8(6(3)4)11-10-7;1-5(2)6-3-7-4-8-6/h5-7,10-11H,4,8-9H2,1-3H3;4-7H,1-3H3;5-6H,1-4H3,(H,9,10,11);3-5H,1-2H3,(H,7,8). The number of hydrogen-bond donors (Lipinski definition) is 2. The fourth-order valence-electron chi connectivity index (χ4n) is 4.35. The van der Waals surface area contributed by atoms with Crippen molar-refractivity contribution in [3.63, 3.8) is 0 Å². The number of nitrogens with zero attached hydrogens (tertiary/aromatic N) is 6. The van der Waals surface area contributed by atoms with Crippen LogP contribution in [-0.2, 0) is 0 Å². The maximum Gasteiger partial charge on any atom is 0.255 e. The first kappa shape index (κ1) is 38.3. The Hall–Kier alpha value is -3.88. The Labute approximate surface area is 277 Å². The number of carbonyl (C=O) groups is 1. The van der Waals surface area contributed by atoms with E-state index in [1.807, 2.05) is 35.8 Å². The SMILES string of the molecule is CC(C)c1cnc[nH]1.CC(C)c1n[nH]c(C(C)C)n1.CCC1CN(C(=O)c2cncc(C(C)C)c2)C1.Cc1cncc(C(C)C)c1. The van der Waals surface area contributed by atoms with E-state index in [1.165, 1.54) is 16.8 Å². The molecule has 0 atom stereocenters. The van der Waals surface area contributed by atoms with Crippen molar-refractivity contribution in [1.29, 1.82) is 0 Å². The fraction of sp³-hybridized carbons (Fsp3) is 0.568. The summed E-state index contributed by atoms with van der Waals surface area (Å²) in [6.45, 7) is 27.3. The highest BCUT2D eigenvalue weighted by molar-refractivity contribution is 5.94. The van der Waals surface area contributed by atoms with Crippen molar-refractivity contribution in [3.05, 3.63) is 89.0 Å². The minimum Gasteiger partial charge on any atom is -0.348 e. The van der Waals surface area contributed by atoms with Crippen molar-refractivity contribution >= 4 is 5.91 Å². The Bertz CT molecular complexity index is 1390. The van der Waals surface area contributed by atoms with Crippen molar-refractivity contribution in [2.45, 2.75) is 119 Å². The molecule has 9 heteroatoms. The zero-order chi connectivity index (χ0) is 34.4. The lowest BCUT2D eigenvalue weighted by atomic mass is 9.96. The molecular weight excluding hydrogens is 572 g/mol. The third-order valence-electron chi connectivity index (χ3n) is 7.78. The van der Waals surface area contributed by atoms with E-state index in [0.717, 1.165) is 42.3 Å². The van der Waals surface area contributed by atoms with Crippen LogP contribution in [0.15, 0.2) is 49.4 Å². The molecule has 0 unspecified atom stereocenters. The van der Waals surface area contributed by atoms with Gasteiger partial charge in [0.2, 0.25) is 0 Å². The van der Waals surface area contributed by atoms with Gasteiger partial charge in [0.25, 0.3) is 5.91 Å². The molecule has 5 rings (SSSR count). The number of aromatic amines is 2. The number of nitrogens with one attached hydrogen (secondary N) is 2. The molecule has 0 spiro atoms. The summed E-state index contributed by atoms with van der Waals surface area (Å²) in [6.07, 6.45) is 12.0. The number of hydrogen-bond acceptors (Lipinski definition) is 6. The van der Waals surface area contributed by atoms with E-state index in [1.54, 1.807) is 12.5 Å². The Morgan fingerprint density at radius 1 is 0.783 bits per heavy atom. The number of imidazole rings is 1. The first-order valence-corrected chi connectivity index (χ1v) is 16.8. The lowest BCUT2D eigenvalue weighted by Gasteiger charge is -2.38. The van der Waals surface area contributed by atoms with Crippen molar-refractivity contribution < 1.29 is 4.79 Å². The lowest BCUT2D eigenvalue weighted by molar-refractivity contribution is 0.0494. The van der Waals surface area contributed by atoms with Gasteiger partial charge in [-0.2, -0.15) is 5.10 Å². The molecule has 1 aliphatic rings. The van der Waals surface area contributed by atoms with Gasteiger partial charge < -0.3 is 9.88 Å². The molecule has 0 aromatic carbocycles. The molecule has 0 radical (unpaired) electrons. The minimum absolute atomic E-state index is 0.129. The van der Waals surface area contributed by atoms with E-state index < -0.39 is 0 Å². The number of amides is 1. The normalized spacial score (nSPS) is 12.8. The van der Waals surface area contributed by atoms with Gasteiger partial charge in [-0.1, -0.05) is 82.2 Å². The van der Waals surface area contributed by atoms with Crippen molar-refractivity contribution in [2.75, 3.05) is 13.1 Å². The lowest BCUT2D eigenvalue weighted by Crippen LogP contribution is -2.49. The summed E-state index contributed by atoms with van der Waals surface area (Å²) in [7, 11) is 0.